The van der Waals surface area contributed by atoms with Crippen LogP contribution in [0.1, 0.15) is 5.56 Å². The maximum atomic E-state index is 13.1. The van der Waals surface area contributed by atoms with Crippen molar-refractivity contribution in [3.05, 3.63) is 62.3 Å². The molecule has 0 aliphatic heterocycles. The molecule has 2 nitrogen and oxygen atoms in total. The van der Waals surface area contributed by atoms with Crippen molar-refractivity contribution in [3.63, 3.8) is 0 Å². The SMILES string of the molecule is O=C(Cc1cccc(Cl)c1)Nc1c(Cl)cc(F)cc1Br. The van der Waals surface area contributed by atoms with E-state index in [0.29, 0.717) is 15.2 Å². The third-order valence-electron chi connectivity index (χ3n) is 2.53. The van der Waals surface area contributed by atoms with Gasteiger partial charge in [0.05, 0.1) is 17.1 Å². The van der Waals surface area contributed by atoms with Gasteiger partial charge in [0.25, 0.3) is 0 Å². The van der Waals surface area contributed by atoms with Gasteiger partial charge >= 0.3 is 0 Å². The lowest BCUT2D eigenvalue weighted by atomic mass is 10.1. The standard InChI is InChI=1S/C14H9BrCl2FNO/c15-11-6-10(18)7-12(17)14(11)19-13(20)5-8-2-1-3-9(16)4-8/h1-4,6-7H,5H2,(H,19,20). The Bertz CT molecular complexity index is 640. The molecular formula is C14H9BrCl2FNO. The van der Waals surface area contributed by atoms with E-state index in [4.69, 9.17) is 23.2 Å². The first kappa shape index (κ1) is 15.3. The summed E-state index contributed by atoms with van der Waals surface area (Å²) >= 11 is 14.9. The van der Waals surface area contributed by atoms with Gasteiger partial charge in [-0.15, -0.1) is 0 Å². The Hall–Kier alpha value is -1.10. The van der Waals surface area contributed by atoms with E-state index in [0.717, 1.165) is 11.6 Å². The second-order valence-corrected chi connectivity index (χ2v) is 5.80. The lowest BCUT2D eigenvalue weighted by molar-refractivity contribution is -0.115. The lowest BCUT2D eigenvalue weighted by Crippen LogP contribution is -2.15. The van der Waals surface area contributed by atoms with Crippen LogP contribution in [0.15, 0.2) is 40.9 Å². The topological polar surface area (TPSA) is 29.1 Å². The molecule has 2 aromatic carbocycles. The Morgan fingerprint density at radius 3 is 2.65 bits per heavy atom. The quantitative estimate of drug-likeness (QED) is 0.795. The summed E-state index contributed by atoms with van der Waals surface area (Å²) in [5.74, 6) is -0.740. The molecule has 0 radical (unpaired) electrons. The average molecular weight is 377 g/mol. The highest BCUT2D eigenvalue weighted by Gasteiger charge is 2.12. The van der Waals surface area contributed by atoms with Crippen LogP contribution >= 0.6 is 39.1 Å². The van der Waals surface area contributed by atoms with Crippen molar-refractivity contribution in [2.75, 3.05) is 5.32 Å². The zero-order valence-electron chi connectivity index (χ0n) is 10.1. The molecule has 0 fully saturated rings. The van der Waals surface area contributed by atoms with E-state index < -0.39 is 5.82 Å². The second-order valence-electron chi connectivity index (χ2n) is 4.10. The highest BCUT2D eigenvalue weighted by atomic mass is 79.9. The molecule has 0 saturated heterocycles. The molecule has 6 heteroatoms. The molecule has 0 atom stereocenters. The van der Waals surface area contributed by atoms with Crippen LogP contribution in [0.5, 0.6) is 0 Å². The molecule has 1 N–H and O–H groups in total. The van der Waals surface area contributed by atoms with Gasteiger partial charge in [0.2, 0.25) is 5.91 Å². The summed E-state index contributed by atoms with van der Waals surface area (Å²) in [6.45, 7) is 0. The van der Waals surface area contributed by atoms with E-state index in [9.17, 15) is 9.18 Å². The predicted octanol–water partition coefficient (Wildman–Crippen LogP) is 5.08. The maximum Gasteiger partial charge on any atom is 0.228 e. The van der Waals surface area contributed by atoms with E-state index in [-0.39, 0.29) is 17.4 Å². The maximum absolute atomic E-state index is 13.1. The first-order chi connectivity index (χ1) is 9.45. The van der Waals surface area contributed by atoms with E-state index in [2.05, 4.69) is 21.2 Å². The molecule has 0 aliphatic carbocycles. The van der Waals surface area contributed by atoms with Crippen molar-refractivity contribution in [2.24, 2.45) is 0 Å². The number of rotatable bonds is 3. The molecule has 0 spiro atoms. The van der Waals surface area contributed by atoms with E-state index >= 15 is 0 Å². The fourth-order valence-electron chi connectivity index (χ4n) is 1.68. The van der Waals surface area contributed by atoms with Crippen molar-refractivity contribution in [1.82, 2.24) is 0 Å². The van der Waals surface area contributed by atoms with Crippen LogP contribution in [-0.2, 0) is 11.2 Å². The first-order valence-corrected chi connectivity index (χ1v) is 7.19. The van der Waals surface area contributed by atoms with Gasteiger partial charge in [0, 0.05) is 9.50 Å². The van der Waals surface area contributed by atoms with Crippen LogP contribution in [0.2, 0.25) is 10.0 Å². The number of nitrogens with one attached hydrogen (secondary N) is 1. The lowest BCUT2D eigenvalue weighted by Gasteiger charge is -2.10. The molecule has 104 valence electrons. The summed E-state index contributed by atoms with van der Waals surface area (Å²) in [6.07, 6.45) is 0.153. The van der Waals surface area contributed by atoms with Crippen LogP contribution < -0.4 is 5.32 Å². The minimum Gasteiger partial charge on any atom is -0.324 e. The van der Waals surface area contributed by atoms with Crippen LogP contribution in [0.3, 0.4) is 0 Å². The number of amides is 1. The normalized spacial score (nSPS) is 10.4. The summed E-state index contributed by atoms with van der Waals surface area (Å²) in [6, 6.07) is 9.39. The highest BCUT2D eigenvalue weighted by Crippen LogP contribution is 2.31. The Morgan fingerprint density at radius 1 is 1.25 bits per heavy atom. The second kappa shape index (κ2) is 6.57. The first-order valence-electron chi connectivity index (χ1n) is 5.64. The molecule has 0 unspecified atom stereocenters. The van der Waals surface area contributed by atoms with Crippen LogP contribution in [0, 0.1) is 5.82 Å². The molecule has 1 amide bonds. The van der Waals surface area contributed by atoms with Gasteiger partial charge in [-0.2, -0.15) is 0 Å². The van der Waals surface area contributed by atoms with Gasteiger partial charge in [0.15, 0.2) is 0 Å². The van der Waals surface area contributed by atoms with Crippen molar-refractivity contribution in [2.45, 2.75) is 6.42 Å². The molecule has 0 saturated carbocycles. The third kappa shape index (κ3) is 3.95. The van der Waals surface area contributed by atoms with Crippen molar-refractivity contribution in [1.29, 1.82) is 0 Å². The molecule has 2 aromatic rings. The van der Waals surface area contributed by atoms with E-state index in [1.54, 1.807) is 24.3 Å². The van der Waals surface area contributed by atoms with Crippen LogP contribution in [0.25, 0.3) is 0 Å². The number of carbonyl (C=O) groups excluding carboxylic acids is 1. The van der Waals surface area contributed by atoms with Gasteiger partial charge in [-0.3, -0.25) is 4.79 Å². The summed E-state index contributed by atoms with van der Waals surface area (Å²) in [4.78, 5) is 12.0. The molecule has 20 heavy (non-hydrogen) atoms. The molecule has 0 bridgehead atoms. The predicted molar refractivity (Wildman–Crippen MR) is 82.9 cm³/mol. The highest BCUT2D eigenvalue weighted by molar-refractivity contribution is 9.10. The Morgan fingerprint density at radius 2 is 2.00 bits per heavy atom. The fraction of sp³-hybridized carbons (Fsp3) is 0.0714. The summed E-state index contributed by atoms with van der Waals surface area (Å²) in [5, 5.41) is 3.35. The summed E-state index contributed by atoms with van der Waals surface area (Å²) < 4.78 is 13.5. The summed E-state index contributed by atoms with van der Waals surface area (Å²) in [7, 11) is 0. The molecule has 0 aromatic heterocycles. The average Bonchev–Trinajstić information content (AvgIpc) is 2.33. The fourth-order valence-corrected chi connectivity index (χ4v) is 2.79. The molecular weight excluding hydrogens is 368 g/mol. The van der Waals surface area contributed by atoms with E-state index in [1.165, 1.54) is 6.07 Å². The van der Waals surface area contributed by atoms with Gasteiger partial charge < -0.3 is 5.32 Å². The Kier molecular flexibility index (Phi) is 5.02. The minimum atomic E-state index is -0.477. The van der Waals surface area contributed by atoms with Gasteiger partial charge in [-0.1, -0.05) is 35.3 Å². The minimum absolute atomic E-state index is 0.135. The molecule has 0 aliphatic rings. The largest absolute Gasteiger partial charge is 0.324 e. The monoisotopic (exact) mass is 375 g/mol. The number of carbonyl (C=O) groups is 1. The number of hydrogen-bond donors (Lipinski definition) is 1. The summed E-state index contributed by atoms with van der Waals surface area (Å²) in [5.41, 5.74) is 1.13. The Balaban J connectivity index is 2.13. The third-order valence-corrected chi connectivity index (χ3v) is 3.68. The number of hydrogen-bond acceptors (Lipinski definition) is 1. The van der Waals surface area contributed by atoms with Crippen molar-refractivity contribution in [3.8, 4) is 0 Å². The van der Waals surface area contributed by atoms with Crippen molar-refractivity contribution >= 4 is 50.7 Å². The molecule has 0 heterocycles. The van der Waals surface area contributed by atoms with Crippen LogP contribution in [-0.4, -0.2) is 5.91 Å². The number of anilines is 1. The Labute approximate surface area is 134 Å². The van der Waals surface area contributed by atoms with Crippen molar-refractivity contribution < 1.29 is 9.18 Å². The number of halogens is 4. The van der Waals surface area contributed by atoms with E-state index in [1.807, 2.05) is 0 Å². The number of benzene rings is 2. The van der Waals surface area contributed by atoms with Gasteiger partial charge in [-0.05, 0) is 45.8 Å². The molecule has 2 rings (SSSR count). The van der Waals surface area contributed by atoms with Gasteiger partial charge in [0.1, 0.15) is 5.82 Å². The van der Waals surface area contributed by atoms with Gasteiger partial charge in [-0.25, -0.2) is 4.39 Å². The zero-order chi connectivity index (χ0) is 14.7. The smallest absolute Gasteiger partial charge is 0.228 e. The van der Waals surface area contributed by atoms with Crippen LogP contribution in [0.4, 0.5) is 10.1 Å². The zero-order valence-corrected chi connectivity index (χ0v) is 13.2.